The molecule has 8 heteroatoms. The van der Waals surface area contributed by atoms with Gasteiger partial charge in [-0.2, -0.15) is 20.7 Å². The first-order chi connectivity index (χ1) is 15.7. The van der Waals surface area contributed by atoms with Crippen LogP contribution in [0.4, 0.5) is 0 Å². The van der Waals surface area contributed by atoms with E-state index in [9.17, 15) is 10.5 Å². The van der Waals surface area contributed by atoms with Crippen molar-refractivity contribution in [1.29, 1.82) is 10.5 Å². The van der Waals surface area contributed by atoms with E-state index in [0.29, 0.717) is 17.2 Å². The number of hydrogen-bond acceptors (Lipinski definition) is 6. The summed E-state index contributed by atoms with van der Waals surface area (Å²) in [6.07, 6.45) is 9.80. The molecule has 0 radical (unpaired) electrons. The highest BCUT2D eigenvalue weighted by Gasteiger charge is 2.20. The fourth-order valence-electron chi connectivity index (χ4n) is 4.21. The Bertz CT molecular complexity index is 1370. The molecule has 0 aliphatic carbocycles. The first-order valence-electron chi connectivity index (χ1n) is 10.5. The largest absolute Gasteiger partial charge is 0.304 e. The van der Waals surface area contributed by atoms with Gasteiger partial charge in [0.25, 0.3) is 0 Å². The number of pyridine rings is 1. The molecule has 1 atom stereocenters. The van der Waals surface area contributed by atoms with Gasteiger partial charge in [-0.05, 0) is 44.6 Å². The van der Waals surface area contributed by atoms with Gasteiger partial charge in [0.1, 0.15) is 12.1 Å². The molecular formula is C24H21N7S. The molecule has 4 heterocycles. The molecule has 0 bridgehead atoms. The number of aromatic nitrogens is 4. The fraction of sp³-hybridized carbons (Fsp3) is 0.250. The molecule has 0 amide bonds. The summed E-state index contributed by atoms with van der Waals surface area (Å²) in [5, 5.41) is 28.1. The van der Waals surface area contributed by atoms with E-state index in [4.69, 9.17) is 0 Å². The molecule has 1 unspecified atom stereocenters. The Morgan fingerprint density at radius 2 is 1.84 bits per heavy atom. The number of benzene rings is 1. The zero-order valence-corrected chi connectivity index (χ0v) is 18.5. The predicted octanol–water partition coefficient (Wildman–Crippen LogP) is 4.36. The molecule has 1 aliphatic heterocycles. The predicted molar refractivity (Wildman–Crippen MR) is 122 cm³/mol. The number of likely N-dealkylation sites (N-methyl/N-ethyl adjacent to an activating group) is 1. The standard InChI is InChI=1S/C24H21N7S/c1-29-8-4-6-21(16-29)30-15-20(13-27-30)18-9-23(24-19(11-26)12-28-31(24)14-18)32-22-7-3-2-5-17(22)10-25/h2-3,5,7,9,12-15,21H,4,6,8,16H2,1H3. The van der Waals surface area contributed by atoms with Crippen molar-refractivity contribution in [3.05, 3.63) is 66.2 Å². The SMILES string of the molecule is CN1CCCC(n2cc(-c3cc(Sc4ccccc4C#N)c4c(C#N)cnn4c3)cn2)C1. The molecule has 0 spiro atoms. The Hall–Kier alpha value is -3.59. The summed E-state index contributed by atoms with van der Waals surface area (Å²) < 4.78 is 3.81. The Morgan fingerprint density at radius 3 is 2.66 bits per heavy atom. The number of likely N-dealkylation sites (tertiary alicyclic amines) is 1. The van der Waals surface area contributed by atoms with Crippen LogP contribution in [0.25, 0.3) is 16.6 Å². The topological polar surface area (TPSA) is 85.9 Å². The van der Waals surface area contributed by atoms with Crippen molar-refractivity contribution in [3.8, 4) is 23.3 Å². The Labute approximate surface area is 190 Å². The van der Waals surface area contributed by atoms with Crippen molar-refractivity contribution in [3.63, 3.8) is 0 Å². The van der Waals surface area contributed by atoms with Gasteiger partial charge in [0.2, 0.25) is 0 Å². The Balaban J connectivity index is 1.57. The maximum Gasteiger partial charge on any atom is 0.103 e. The van der Waals surface area contributed by atoms with E-state index >= 15 is 0 Å². The van der Waals surface area contributed by atoms with Gasteiger partial charge in [-0.15, -0.1) is 0 Å². The van der Waals surface area contributed by atoms with Crippen LogP contribution in [-0.2, 0) is 0 Å². The van der Waals surface area contributed by atoms with E-state index in [2.05, 4.69) is 51.2 Å². The summed E-state index contributed by atoms with van der Waals surface area (Å²) in [7, 11) is 2.15. The van der Waals surface area contributed by atoms with Crippen molar-refractivity contribution in [2.45, 2.75) is 28.7 Å². The van der Waals surface area contributed by atoms with E-state index in [1.54, 1.807) is 16.8 Å². The van der Waals surface area contributed by atoms with E-state index in [-0.39, 0.29) is 0 Å². The fourth-order valence-corrected chi connectivity index (χ4v) is 5.30. The Kier molecular flexibility index (Phi) is 5.40. The third-order valence-corrected chi connectivity index (χ3v) is 6.94. The molecule has 0 saturated carbocycles. The monoisotopic (exact) mass is 439 g/mol. The smallest absolute Gasteiger partial charge is 0.103 e. The lowest BCUT2D eigenvalue weighted by atomic mass is 10.1. The average Bonchev–Trinajstić information content (AvgIpc) is 3.47. The lowest BCUT2D eigenvalue weighted by Gasteiger charge is -2.29. The van der Waals surface area contributed by atoms with Crippen molar-refractivity contribution < 1.29 is 0 Å². The number of hydrogen-bond donors (Lipinski definition) is 0. The molecule has 5 rings (SSSR count). The Morgan fingerprint density at radius 1 is 1.00 bits per heavy atom. The molecule has 3 aromatic heterocycles. The van der Waals surface area contributed by atoms with Gasteiger partial charge in [-0.3, -0.25) is 4.68 Å². The summed E-state index contributed by atoms with van der Waals surface area (Å²) in [4.78, 5) is 4.07. The van der Waals surface area contributed by atoms with Crippen LogP contribution >= 0.6 is 11.8 Å². The van der Waals surface area contributed by atoms with Crippen molar-refractivity contribution in [2.24, 2.45) is 0 Å². The molecule has 158 valence electrons. The van der Waals surface area contributed by atoms with E-state index in [0.717, 1.165) is 45.9 Å². The third kappa shape index (κ3) is 3.75. The number of piperidine rings is 1. The van der Waals surface area contributed by atoms with Gasteiger partial charge < -0.3 is 4.90 Å². The number of nitrogens with zero attached hydrogens (tertiary/aromatic N) is 7. The molecular weight excluding hydrogens is 418 g/mol. The zero-order valence-electron chi connectivity index (χ0n) is 17.6. The molecule has 1 saturated heterocycles. The number of nitriles is 2. The van der Waals surface area contributed by atoms with Crippen LogP contribution in [0.1, 0.15) is 30.0 Å². The van der Waals surface area contributed by atoms with Crippen molar-refractivity contribution >= 4 is 17.3 Å². The van der Waals surface area contributed by atoms with Crippen LogP contribution in [0.2, 0.25) is 0 Å². The van der Waals surface area contributed by atoms with Crippen molar-refractivity contribution in [1.82, 2.24) is 24.3 Å². The second-order valence-corrected chi connectivity index (χ2v) is 9.12. The van der Waals surface area contributed by atoms with Gasteiger partial charge in [0, 0.05) is 39.9 Å². The van der Waals surface area contributed by atoms with Crippen molar-refractivity contribution in [2.75, 3.05) is 20.1 Å². The average molecular weight is 440 g/mol. The minimum absolute atomic E-state index is 0.373. The molecule has 0 N–H and O–H groups in total. The van der Waals surface area contributed by atoms with E-state index in [1.165, 1.54) is 18.2 Å². The van der Waals surface area contributed by atoms with Crippen LogP contribution in [0.3, 0.4) is 0 Å². The highest BCUT2D eigenvalue weighted by molar-refractivity contribution is 7.99. The highest BCUT2D eigenvalue weighted by atomic mass is 32.2. The molecule has 1 aliphatic rings. The third-order valence-electron chi connectivity index (χ3n) is 5.83. The van der Waals surface area contributed by atoms with Gasteiger partial charge in [-0.1, -0.05) is 23.9 Å². The quantitative estimate of drug-likeness (QED) is 0.470. The first-order valence-corrected chi connectivity index (χ1v) is 11.3. The summed E-state index contributed by atoms with van der Waals surface area (Å²) in [5.41, 5.74) is 3.83. The second kappa shape index (κ2) is 8.51. The lowest BCUT2D eigenvalue weighted by molar-refractivity contribution is 0.202. The van der Waals surface area contributed by atoms with Crippen LogP contribution in [0, 0.1) is 22.7 Å². The summed E-state index contributed by atoms with van der Waals surface area (Å²) in [5.74, 6) is 0. The summed E-state index contributed by atoms with van der Waals surface area (Å²) >= 11 is 1.48. The van der Waals surface area contributed by atoms with Crippen LogP contribution in [0.5, 0.6) is 0 Å². The van der Waals surface area contributed by atoms with Gasteiger partial charge >= 0.3 is 0 Å². The molecule has 7 nitrogen and oxygen atoms in total. The molecule has 1 fully saturated rings. The summed E-state index contributed by atoms with van der Waals surface area (Å²) in [6.45, 7) is 2.13. The second-order valence-electron chi connectivity index (χ2n) is 8.03. The van der Waals surface area contributed by atoms with Crippen LogP contribution in [-0.4, -0.2) is 44.4 Å². The minimum atomic E-state index is 0.373. The van der Waals surface area contributed by atoms with Gasteiger partial charge in [-0.25, -0.2) is 4.52 Å². The minimum Gasteiger partial charge on any atom is -0.304 e. The number of fused-ring (bicyclic) bond motifs is 1. The van der Waals surface area contributed by atoms with Gasteiger partial charge in [0.05, 0.1) is 35.1 Å². The molecule has 1 aromatic carbocycles. The number of rotatable bonds is 4. The first kappa shape index (κ1) is 20.3. The van der Waals surface area contributed by atoms with E-state index < -0.39 is 0 Å². The highest BCUT2D eigenvalue weighted by Crippen LogP contribution is 2.37. The van der Waals surface area contributed by atoms with E-state index in [1.807, 2.05) is 30.6 Å². The maximum atomic E-state index is 9.59. The normalized spacial score (nSPS) is 16.7. The van der Waals surface area contributed by atoms with Crippen LogP contribution < -0.4 is 0 Å². The van der Waals surface area contributed by atoms with Gasteiger partial charge in [0.15, 0.2) is 0 Å². The molecule has 4 aromatic rings. The van der Waals surface area contributed by atoms with Crippen LogP contribution in [0.15, 0.2) is 64.9 Å². The maximum absolute atomic E-state index is 9.59. The molecule has 32 heavy (non-hydrogen) atoms. The lowest BCUT2D eigenvalue weighted by Crippen LogP contribution is -2.33. The zero-order chi connectivity index (χ0) is 22.1. The summed E-state index contributed by atoms with van der Waals surface area (Å²) in [6, 6.07) is 14.4.